The molecule has 2 heterocycles. The van der Waals surface area contributed by atoms with Crippen LogP contribution in [0.25, 0.3) is 11.0 Å². The molecule has 1 fully saturated rings. The van der Waals surface area contributed by atoms with Crippen molar-refractivity contribution in [3.05, 3.63) is 54.4 Å². The van der Waals surface area contributed by atoms with Gasteiger partial charge in [0.05, 0.1) is 16.8 Å². The first-order valence-corrected chi connectivity index (χ1v) is 11.0. The quantitative estimate of drug-likeness (QED) is 0.622. The lowest BCUT2D eigenvalue weighted by Gasteiger charge is -2.20. The number of fused-ring (bicyclic) bond motifs is 1. The standard InChI is InChI=1S/C20H22N4O3S/c1-2-12-28(25,26)24-19-20(23-17-8-4-3-7-16(17)22-19)27-18(14-9-10-14)15-6-5-11-21-13-15/h3-8,11,13-14,18H,2,9-10,12H2,1H3,(H,22,24). The molecule has 0 spiro atoms. The molecule has 0 amide bonds. The van der Waals surface area contributed by atoms with E-state index in [0.717, 1.165) is 18.4 Å². The fourth-order valence-corrected chi connectivity index (χ4v) is 4.17. The number of benzene rings is 1. The number of sulfonamides is 1. The van der Waals surface area contributed by atoms with Crippen molar-refractivity contribution >= 4 is 26.9 Å². The van der Waals surface area contributed by atoms with E-state index in [1.165, 1.54) is 0 Å². The molecule has 1 aromatic carbocycles. The van der Waals surface area contributed by atoms with Crippen molar-refractivity contribution in [3.8, 4) is 5.88 Å². The van der Waals surface area contributed by atoms with Gasteiger partial charge in [0, 0.05) is 23.9 Å². The van der Waals surface area contributed by atoms with E-state index in [-0.39, 0.29) is 23.6 Å². The van der Waals surface area contributed by atoms with Crippen molar-refractivity contribution in [1.82, 2.24) is 15.0 Å². The summed E-state index contributed by atoms with van der Waals surface area (Å²) in [6.07, 6.45) is 5.87. The lowest BCUT2D eigenvalue weighted by molar-refractivity contribution is 0.174. The number of rotatable bonds is 8. The first-order valence-electron chi connectivity index (χ1n) is 9.39. The molecule has 1 saturated carbocycles. The highest BCUT2D eigenvalue weighted by Crippen LogP contribution is 2.44. The zero-order valence-corrected chi connectivity index (χ0v) is 16.4. The summed E-state index contributed by atoms with van der Waals surface area (Å²) in [5.74, 6) is 0.689. The average molecular weight is 398 g/mol. The molecule has 7 nitrogen and oxygen atoms in total. The third kappa shape index (κ3) is 4.22. The second-order valence-corrected chi connectivity index (χ2v) is 8.79. The van der Waals surface area contributed by atoms with Crippen LogP contribution < -0.4 is 9.46 Å². The number of hydrogen-bond donors (Lipinski definition) is 1. The van der Waals surface area contributed by atoms with Gasteiger partial charge in [-0.25, -0.2) is 18.4 Å². The highest BCUT2D eigenvalue weighted by Gasteiger charge is 2.35. The minimum Gasteiger partial charge on any atom is -0.466 e. The summed E-state index contributed by atoms with van der Waals surface area (Å²) >= 11 is 0. The van der Waals surface area contributed by atoms with Gasteiger partial charge in [-0.15, -0.1) is 0 Å². The summed E-state index contributed by atoms with van der Waals surface area (Å²) in [7, 11) is -3.53. The van der Waals surface area contributed by atoms with Crippen molar-refractivity contribution in [3.63, 3.8) is 0 Å². The summed E-state index contributed by atoms with van der Waals surface area (Å²) < 4.78 is 33.5. The monoisotopic (exact) mass is 398 g/mol. The van der Waals surface area contributed by atoms with E-state index >= 15 is 0 Å². The average Bonchev–Trinajstić information content (AvgIpc) is 3.51. The molecule has 8 heteroatoms. The zero-order valence-electron chi connectivity index (χ0n) is 15.6. The highest BCUT2D eigenvalue weighted by molar-refractivity contribution is 7.92. The summed E-state index contributed by atoms with van der Waals surface area (Å²) in [5.41, 5.74) is 2.20. The molecule has 0 saturated heterocycles. The summed E-state index contributed by atoms with van der Waals surface area (Å²) in [6.45, 7) is 1.81. The number of nitrogens with one attached hydrogen (secondary N) is 1. The SMILES string of the molecule is CCCS(=O)(=O)Nc1nc2ccccc2nc1OC(c1cccnc1)C1CC1. The van der Waals surface area contributed by atoms with E-state index in [9.17, 15) is 8.42 Å². The Labute approximate surface area is 164 Å². The number of aromatic nitrogens is 3. The van der Waals surface area contributed by atoms with Crippen molar-refractivity contribution in [2.45, 2.75) is 32.3 Å². The fourth-order valence-electron chi connectivity index (χ4n) is 3.10. The highest BCUT2D eigenvalue weighted by atomic mass is 32.2. The Morgan fingerprint density at radius 3 is 2.54 bits per heavy atom. The molecule has 1 N–H and O–H groups in total. The van der Waals surface area contributed by atoms with Gasteiger partial charge in [0.1, 0.15) is 6.10 Å². The smallest absolute Gasteiger partial charge is 0.259 e. The Morgan fingerprint density at radius 2 is 1.89 bits per heavy atom. The minimum atomic E-state index is -3.53. The number of nitrogens with zero attached hydrogens (tertiary/aromatic N) is 3. The molecule has 0 radical (unpaired) electrons. The zero-order chi connectivity index (χ0) is 19.6. The van der Waals surface area contributed by atoms with Crippen molar-refractivity contribution < 1.29 is 13.2 Å². The van der Waals surface area contributed by atoms with E-state index < -0.39 is 10.0 Å². The lowest BCUT2D eigenvalue weighted by atomic mass is 10.1. The molecule has 1 atom stereocenters. The first-order chi connectivity index (χ1) is 13.6. The number of para-hydroxylation sites is 2. The van der Waals surface area contributed by atoms with Gasteiger partial charge in [0.25, 0.3) is 5.88 Å². The Morgan fingerprint density at radius 1 is 1.14 bits per heavy atom. The molecule has 146 valence electrons. The van der Waals surface area contributed by atoms with Crippen LogP contribution in [0.4, 0.5) is 5.82 Å². The van der Waals surface area contributed by atoms with Crippen LogP contribution in [-0.2, 0) is 10.0 Å². The van der Waals surface area contributed by atoms with Crippen LogP contribution in [0.5, 0.6) is 5.88 Å². The van der Waals surface area contributed by atoms with Crippen molar-refractivity contribution in [1.29, 1.82) is 0 Å². The van der Waals surface area contributed by atoms with Gasteiger partial charge in [-0.05, 0) is 37.5 Å². The van der Waals surface area contributed by atoms with Gasteiger partial charge in [0.2, 0.25) is 15.8 Å². The molecular weight excluding hydrogens is 376 g/mol. The maximum atomic E-state index is 12.3. The van der Waals surface area contributed by atoms with Gasteiger partial charge >= 0.3 is 0 Å². The van der Waals surface area contributed by atoms with Gasteiger partial charge in [-0.1, -0.05) is 25.1 Å². The number of ether oxygens (including phenoxy) is 1. The van der Waals surface area contributed by atoms with Gasteiger partial charge in [-0.3, -0.25) is 9.71 Å². The van der Waals surface area contributed by atoms with Crippen LogP contribution in [0.1, 0.15) is 37.9 Å². The third-order valence-electron chi connectivity index (χ3n) is 4.57. The van der Waals surface area contributed by atoms with E-state index in [1.54, 1.807) is 18.5 Å². The van der Waals surface area contributed by atoms with Crippen molar-refractivity contribution in [2.75, 3.05) is 10.5 Å². The molecule has 3 aromatic rings. The summed E-state index contributed by atoms with van der Waals surface area (Å²) in [6, 6.07) is 11.2. The number of hydrogen-bond acceptors (Lipinski definition) is 6. The predicted octanol–water partition coefficient (Wildman–Crippen LogP) is 3.71. The third-order valence-corrected chi connectivity index (χ3v) is 6.02. The maximum Gasteiger partial charge on any atom is 0.259 e. The second kappa shape index (κ2) is 7.71. The van der Waals surface area contributed by atoms with Crippen LogP contribution in [-0.4, -0.2) is 29.1 Å². The normalized spacial score (nSPS) is 15.3. The Balaban J connectivity index is 1.74. The van der Waals surface area contributed by atoms with Crippen LogP contribution in [0, 0.1) is 5.92 Å². The molecule has 1 aliphatic carbocycles. The van der Waals surface area contributed by atoms with E-state index in [4.69, 9.17) is 4.74 Å². The fraction of sp³-hybridized carbons (Fsp3) is 0.350. The minimum absolute atomic E-state index is 0.00953. The lowest BCUT2D eigenvalue weighted by Crippen LogP contribution is -2.19. The maximum absolute atomic E-state index is 12.3. The summed E-state index contributed by atoms with van der Waals surface area (Å²) in [4.78, 5) is 13.2. The topological polar surface area (TPSA) is 94.1 Å². The van der Waals surface area contributed by atoms with Crippen LogP contribution in [0.15, 0.2) is 48.8 Å². The van der Waals surface area contributed by atoms with Crippen LogP contribution in [0.2, 0.25) is 0 Å². The Hall–Kier alpha value is -2.74. The molecular formula is C20H22N4O3S. The van der Waals surface area contributed by atoms with E-state index in [1.807, 2.05) is 37.3 Å². The van der Waals surface area contributed by atoms with E-state index in [2.05, 4.69) is 19.7 Å². The van der Waals surface area contributed by atoms with Gasteiger partial charge in [0.15, 0.2) is 0 Å². The molecule has 0 aliphatic heterocycles. The molecule has 1 aliphatic rings. The summed E-state index contributed by atoms with van der Waals surface area (Å²) in [5, 5.41) is 0. The molecule has 0 bridgehead atoms. The largest absolute Gasteiger partial charge is 0.466 e. The van der Waals surface area contributed by atoms with Crippen molar-refractivity contribution in [2.24, 2.45) is 5.92 Å². The Bertz CT molecular complexity index is 1070. The number of anilines is 1. The van der Waals surface area contributed by atoms with Gasteiger partial charge in [-0.2, -0.15) is 0 Å². The first kappa shape index (κ1) is 18.6. The molecule has 4 rings (SSSR count). The molecule has 2 aromatic heterocycles. The van der Waals surface area contributed by atoms with Crippen LogP contribution >= 0.6 is 0 Å². The second-order valence-electron chi connectivity index (χ2n) is 6.95. The van der Waals surface area contributed by atoms with Crippen LogP contribution in [0.3, 0.4) is 0 Å². The molecule has 1 unspecified atom stereocenters. The van der Waals surface area contributed by atoms with E-state index in [0.29, 0.717) is 23.4 Å². The van der Waals surface area contributed by atoms with Gasteiger partial charge < -0.3 is 4.74 Å². The molecule has 28 heavy (non-hydrogen) atoms. The predicted molar refractivity (Wildman–Crippen MR) is 108 cm³/mol. The Kier molecular flexibility index (Phi) is 5.13. The number of pyridine rings is 1.